The lowest BCUT2D eigenvalue weighted by molar-refractivity contribution is 0.669. The van der Waals surface area contributed by atoms with Crippen molar-refractivity contribution in [2.24, 2.45) is 0 Å². The van der Waals surface area contributed by atoms with Crippen molar-refractivity contribution < 1.29 is 4.42 Å². The second-order valence-corrected chi connectivity index (χ2v) is 12.8. The summed E-state index contributed by atoms with van der Waals surface area (Å²) in [6, 6.07) is 54.9. The summed E-state index contributed by atoms with van der Waals surface area (Å²) in [4.78, 5) is 0. The Kier molecular flexibility index (Phi) is 5.19. The predicted octanol–water partition coefficient (Wildman–Crippen LogP) is 12.4. The molecule has 3 aromatic heterocycles. The molecule has 0 unspecified atom stereocenters. The van der Waals surface area contributed by atoms with Gasteiger partial charge in [-0.05, 0) is 71.3 Å². The Morgan fingerprint density at radius 3 is 1.98 bits per heavy atom. The molecule has 10 rings (SSSR count). The van der Waals surface area contributed by atoms with Crippen LogP contribution in [0.15, 0.2) is 156 Å². The summed E-state index contributed by atoms with van der Waals surface area (Å²) in [5.41, 5.74) is 10.3. The summed E-state index contributed by atoms with van der Waals surface area (Å²) in [5.74, 6) is 0. The molecule has 10 aromatic rings. The first kappa shape index (κ1) is 24.8. The molecule has 3 heteroatoms. The van der Waals surface area contributed by atoms with Crippen LogP contribution in [0.4, 0.5) is 0 Å². The van der Waals surface area contributed by atoms with E-state index in [0.717, 1.165) is 21.9 Å². The van der Waals surface area contributed by atoms with E-state index in [4.69, 9.17) is 4.42 Å². The average Bonchev–Trinajstić information content (AvgIpc) is 3.77. The van der Waals surface area contributed by atoms with Crippen LogP contribution in [0.5, 0.6) is 0 Å². The number of benzene rings is 7. The van der Waals surface area contributed by atoms with E-state index in [2.05, 4.69) is 144 Å². The van der Waals surface area contributed by atoms with E-state index in [0.29, 0.717) is 0 Å². The van der Waals surface area contributed by atoms with Gasteiger partial charge in [0.2, 0.25) is 0 Å². The summed E-state index contributed by atoms with van der Waals surface area (Å²) in [6.07, 6.45) is 0. The first-order valence-corrected chi connectivity index (χ1v) is 16.1. The smallest absolute Gasteiger partial charge is 0.135 e. The van der Waals surface area contributed by atoms with Crippen LogP contribution in [0.3, 0.4) is 0 Å². The Morgan fingerprint density at radius 2 is 1.09 bits per heavy atom. The fourth-order valence-corrected chi connectivity index (χ4v) is 8.33. The maximum atomic E-state index is 6.11. The third-order valence-corrected chi connectivity index (χ3v) is 10.4. The van der Waals surface area contributed by atoms with Gasteiger partial charge in [0.15, 0.2) is 0 Å². The van der Waals surface area contributed by atoms with E-state index in [1.165, 1.54) is 69.9 Å². The highest BCUT2D eigenvalue weighted by molar-refractivity contribution is 7.26. The number of thiophene rings is 1. The Balaban J connectivity index is 1.23. The zero-order valence-electron chi connectivity index (χ0n) is 24.2. The highest BCUT2D eigenvalue weighted by Gasteiger charge is 2.18. The Hall–Kier alpha value is -5.64. The van der Waals surface area contributed by atoms with Crippen molar-refractivity contribution in [3.63, 3.8) is 0 Å². The second kappa shape index (κ2) is 9.43. The number of nitrogens with zero attached hydrogens (tertiary/aromatic N) is 1. The molecular formula is C42H25NOS. The van der Waals surface area contributed by atoms with Crippen LogP contribution < -0.4 is 0 Å². The first-order valence-electron chi connectivity index (χ1n) is 15.3. The molecule has 7 aromatic carbocycles. The molecule has 45 heavy (non-hydrogen) atoms. The molecule has 0 fully saturated rings. The summed E-state index contributed by atoms with van der Waals surface area (Å²) in [7, 11) is 0. The van der Waals surface area contributed by atoms with Crippen molar-refractivity contribution in [2.75, 3.05) is 0 Å². The molecule has 0 atom stereocenters. The highest BCUT2D eigenvalue weighted by atomic mass is 32.1. The van der Waals surface area contributed by atoms with Crippen molar-refractivity contribution >= 4 is 75.3 Å². The number of rotatable bonds is 3. The molecule has 0 saturated heterocycles. The molecule has 3 heterocycles. The molecule has 2 nitrogen and oxygen atoms in total. The zero-order chi connectivity index (χ0) is 29.5. The minimum Gasteiger partial charge on any atom is -0.456 e. The number of fused-ring (bicyclic) bond motifs is 9. The third-order valence-electron chi connectivity index (χ3n) is 9.19. The van der Waals surface area contributed by atoms with Crippen molar-refractivity contribution in [3.8, 4) is 27.9 Å². The zero-order valence-corrected chi connectivity index (χ0v) is 25.0. The van der Waals surface area contributed by atoms with E-state index < -0.39 is 0 Å². The van der Waals surface area contributed by atoms with Crippen LogP contribution in [0.25, 0.3) is 91.9 Å². The van der Waals surface area contributed by atoms with Crippen LogP contribution in [-0.4, -0.2) is 4.57 Å². The van der Waals surface area contributed by atoms with E-state index in [9.17, 15) is 0 Å². The summed E-state index contributed by atoms with van der Waals surface area (Å²) in [5, 5.41) is 7.40. The molecule has 0 saturated carbocycles. The molecule has 0 aliphatic carbocycles. The van der Waals surface area contributed by atoms with Crippen LogP contribution in [-0.2, 0) is 0 Å². The van der Waals surface area contributed by atoms with Crippen molar-refractivity contribution in [3.05, 3.63) is 152 Å². The molecule has 0 N–H and O–H groups in total. The van der Waals surface area contributed by atoms with Gasteiger partial charge in [-0.2, -0.15) is 0 Å². The Labute approximate surface area is 263 Å². The van der Waals surface area contributed by atoms with Gasteiger partial charge in [0, 0.05) is 53.0 Å². The molecule has 0 aliphatic heterocycles. The quantitative estimate of drug-likeness (QED) is 0.200. The SMILES string of the molecule is c1ccc(-c2cc(-n3c4ccccc4c4cc(-c5ccc6oc7ccccc7c6c5)ccc43)cc3c2sc2ccccc23)cc1. The fraction of sp³-hybridized carbons (Fsp3) is 0. The Bertz CT molecular complexity index is 2760. The number of aromatic nitrogens is 1. The number of para-hydroxylation sites is 2. The summed E-state index contributed by atoms with van der Waals surface area (Å²) in [6.45, 7) is 0. The van der Waals surface area contributed by atoms with Gasteiger partial charge in [-0.25, -0.2) is 0 Å². The van der Waals surface area contributed by atoms with Gasteiger partial charge in [0.25, 0.3) is 0 Å². The summed E-state index contributed by atoms with van der Waals surface area (Å²) < 4.78 is 11.2. The van der Waals surface area contributed by atoms with Crippen LogP contribution in [0, 0.1) is 0 Å². The van der Waals surface area contributed by atoms with E-state index >= 15 is 0 Å². The first-order chi connectivity index (χ1) is 22.3. The lowest BCUT2D eigenvalue weighted by Crippen LogP contribution is -1.95. The van der Waals surface area contributed by atoms with Crippen molar-refractivity contribution in [1.29, 1.82) is 0 Å². The van der Waals surface area contributed by atoms with Crippen LogP contribution in [0.1, 0.15) is 0 Å². The second-order valence-electron chi connectivity index (χ2n) is 11.7. The molecule has 210 valence electrons. The van der Waals surface area contributed by atoms with Gasteiger partial charge in [-0.1, -0.05) is 97.1 Å². The third kappa shape index (κ3) is 3.68. The molecule has 0 radical (unpaired) electrons. The lowest BCUT2D eigenvalue weighted by atomic mass is 10.0. The fourth-order valence-electron chi connectivity index (χ4n) is 7.11. The molecule has 0 aliphatic rings. The Morgan fingerprint density at radius 1 is 0.422 bits per heavy atom. The average molecular weight is 592 g/mol. The van der Waals surface area contributed by atoms with E-state index in [-0.39, 0.29) is 0 Å². The lowest BCUT2D eigenvalue weighted by Gasteiger charge is -2.12. The highest BCUT2D eigenvalue weighted by Crippen LogP contribution is 2.43. The normalized spacial score (nSPS) is 12.0. The van der Waals surface area contributed by atoms with Crippen molar-refractivity contribution in [1.82, 2.24) is 4.57 Å². The topological polar surface area (TPSA) is 18.1 Å². The van der Waals surface area contributed by atoms with Gasteiger partial charge >= 0.3 is 0 Å². The van der Waals surface area contributed by atoms with E-state index in [1.807, 2.05) is 23.5 Å². The molecule has 0 bridgehead atoms. The van der Waals surface area contributed by atoms with Crippen LogP contribution >= 0.6 is 11.3 Å². The minimum atomic E-state index is 0.920. The largest absolute Gasteiger partial charge is 0.456 e. The maximum absolute atomic E-state index is 6.11. The number of hydrogen-bond acceptors (Lipinski definition) is 2. The maximum Gasteiger partial charge on any atom is 0.135 e. The van der Waals surface area contributed by atoms with Gasteiger partial charge in [0.05, 0.1) is 11.0 Å². The monoisotopic (exact) mass is 591 g/mol. The van der Waals surface area contributed by atoms with Gasteiger partial charge in [0.1, 0.15) is 11.2 Å². The minimum absolute atomic E-state index is 0.920. The number of furan rings is 1. The standard InChI is InChI=1S/C42H25NOS/c1-2-10-26(11-3-1)33-24-29(25-36-32-14-6-9-17-41(32)45-42(33)36)43-37-15-7-4-12-30(37)34-22-27(18-20-38(34)43)28-19-21-40-35(23-28)31-13-5-8-16-39(31)44-40/h1-25H. The molecular weight excluding hydrogens is 567 g/mol. The van der Waals surface area contributed by atoms with Crippen molar-refractivity contribution in [2.45, 2.75) is 0 Å². The van der Waals surface area contributed by atoms with Gasteiger partial charge < -0.3 is 8.98 Å². The molecule has 0 amide bonds. The number of hydrogen-bond donors (Lipinski definition) is 0. The molecule has 0 spiro atoms. The van der Waals surface area contributed by atoms with E-state index in [1.54, 1.807) is 0 Å². The summed E-state index contributed by atoms with van der Waals surface area (Å²) >= 11 is 1.88. The van der Waals surface area contributed by atoms with Gasteiger partial charge in [-0.15, -0.1) is 11.3 Å². The predicted molar refractivity (Wildman–Crippen MR) is 192 cm³/mol. The van der Waals surface area contributed by atoms with Gasteiger partial charge in [-0.3, -0.25) is 0 Å². The van der Waals surface area contributed by atoms with Crippen LogP contribution in [0.2, 0.25) is 0 Å².